The number of nitrogens with zero attached hydrogens (tertiary/aromatic N) is 2. The number of halogens is 1. The Bertz CT molecular complexity index is 959. The van der Waals surface area contributed by atoms with E-state index < -0.39 is 5.91 Å². The second-order valence-corrected chi connectivity index (χ2v) is 6.25. The summed E-state index contributed by atoms with van der Waals surface area (Å²) in [5.74, 6) is -0.228. The summed E-state index contributed by atoms with van der Waals surface area (Å²) in [4.78, 5) is 17.3. The van der Waals surface area contributed by atoms with E-state index in [2.05, 4.69) is 4.99 Å². The lowest BCUT2D eigenvalue weighted by atomic mass is 10.2. The van der Waals surface area contributed by atoms with E-state index in [0.717, 1.165) is 11.1 Å². The van der Waals surface area contributed by atoms with E-state index in [4.69, 9.17) is 4.74 Å². The third-order valence-corrected chi connectivity index (χ3v) is 4.68. The zero-order chi connectivity index (χ0) is 17.1. The number of hydrogen-bond donors (Lipinski definition) is 0. The van der Waals surface area contributed by atoms with Crippen LogP contribution in [0.5, 0.6) is 5.75 Å². The second kappa shape index (κ2) is 6.97. The summed E-state index contributed by atoms with van der Waals surface area (Å²) in [5.41, 5.74) is 0.886. The summed E-state index contributed by atoms with van der Waals surface area (Å²) < 4.78 is 22.0. The molecule has 4 nitrogen and oxygen atoms in total. The van der Waals surface area contributed by atoms with Crippen LogP contribution < -0.4 is 9.54 Å². The molecule has 0 aliphatic heterocycles. The molecule has 124 valence electrons. The molecule has 2 aromatic carbocycles. The number of hydrogen-bond acceptors (Lipinski definition) is 3. The maximum atomic E-state index is 14.2. The number of carbonyl (C=O) groups is 1. The molecule has 1 amide bonds. The highest BCUT2D eigenvalue weighted by Gasteiger charge is 2.14. The van der Waals surface area contributed by atoms with E-state index in [1.807, 2.05) is 13.0 Å². The largest absolute Gasteiger partial charge is 0.496 e. The molecular weight excluding hydrogens is 327 g/mol. The molecule has 0 unspecified atom stereocenters. The highest BCUT2D eigenvalue weighted by molar-refractivity contribution is 7.16. The summed E-state index contributed by atoms with van der Waals surface area (Å²) in [6.07, 6.45) is 0.816. The third-order valence-electron chi connectivity index (χ3n) is 3.63. The van der Waals surface area contributed by atoms with E-state index in [1.54, 1.807) is 34.9 Å². The van der Waals surface area contributed by atoms with Crippen LogP contribution in [0.1, 0.15) is 23.7 Å². The van der Waals surface area contributed by atoms with Crippen molar-refractivity contribution in [2.75, 3.05) is 7.11 Å². The number of fused-ring (bicyclic) bond motifs is 1. The van der Waals surface area contributed by atoms with Crippen molar-refractivity contribution in [2.24, 2.45) is 4.99 Å². The first-order chi connectivity index (χ1) is 11.7. The fraction of sp³-hybridized carbons (Fsp3) is 0.222. The molecule has 0 radical (unpaired) electrons. The topological polar surface area (TPSA) is 43.6 Å². The summed E-state index contributed by atoms with van der Waals surface area (Å²) in [5, 5.41) is 0. The highest BCUT2D eigenvalue weighted by atomic mass is 32.1. The summed E-state index contributed by atoms with van der Waals surface area (Å²) >= 11 is 1.31. The molecule has 0 atom stereocenters. The van der Waals surface area contributed by atoms with Gasteiger partial charge in [-0.25, -0.2) is 4.39 Å². The Balaban J connectivity index is 2.18. The van der Waals surface area contributed by atoms with Crippen molar-refractivity contribution in [1.82, 2.24) is 4.57 Å². The first-order valence-electron chi connectivity index (χ1n) is 7.65. The molecule has 24 heavy (non-hydrogen) atoms. The fourth-order valence-electron chi connectivity index (χ4n) is 2.57. The average Bonchev–Trinajstić information content (AvgIpc) is 2.94. The molecule has 1 heterocycles. The van der Waals surface area contributed by atoms with E-state index in [1.165, 1.54) is 24.5 Å². The molecule has 3 aromatic rings. The molecule has 0 saturated heterocycles. The van der Waals surface area contributed by atoms with Gasteiger partial charge in [-0.05, 0) is 30.7 Å². The van der Waals surface area contributed by atoms with Crippen molar-refractivity contribution in [3.05, 3.63) is 58.6 Å². The number of ether oxygens (including phenoxy) is 1. The van der Waals surface area contributed by atoms with Crippen LogP contribution in [0.15, 0.2) is 47.5 Å². The van der Waals surface area contributed by atoms with E-state index in [0.29, 0.717) is 28.2 Å². The molecule has 0 bridgehead atoms. The van der Waals surface area contributed by atoms with Gasteiger partial charge in [0.15, 0.2) is 4.80 Å². The van der Waals surface area contributed by atoms with Crippen LogP contribution >= 0.6 is 11.3 Å². The van der Waals surface area contributed by atoms with Gasteiger partial charge < -0.3 is 9.30 Å². The highest BCUT2D eigenvalue weighted by Crippen LogP contribution is 2.22. The van der Waals surface area contributed by atoms with Crippen LogP contribution in [0.25, 0.3) is 10.2 Å². The normalized spacial score (nSPS) is 11.9. The van der Waals surface area contributed by atoms with E-state index >= 15 is 0 Å². The Morgan fingerprint density at radius 2 is 2.04 bits per heavy atom. The Morgan fingerprint density at radius 1 is 1.25 bits per heavy atom. The molecule has 0 fully saturated rings. The predicted molar refractivity (Wildman–Crippen MR) is 93.0 cm³/mol. The van der Waals surface area contributed by atoms with Gasteiger partial charge in [-0.3, -0.25) is 4.79 Å². The van der Waals surface area contributed by atoms with Crippen LogP contribution in [0.3, 0.4) is 0 Å². The number of benzene rings is 2. The van der Waals surface area contributed by atoms with Crippen LogP contribution in [-0.4, -0.2) is 17.6 Å². The molecule has 0 aliphatic carbocycles. The van der Waals surface area contributed by atoms with Crippen LogP contribution in [0, 0.1) is 5.82 Å². The molecule has 3 rings (SSSR count). The number of thiazole rings is 1. The zero-order valence-corrected chi connectivity index (χ0v) is 14.3. The maximum absolute atomic E-state index is 14.2. The van der Waals surface area contributed by atoms with E-state index in [-0.39, 0.29) is 5.82 Å². The Kier molecular flexibility index (Phi) is 4.76. The molecule has 0 spiro atoms. The summed E-state index contributed by atoms with van der Waals surface area (Å²) in [6.45, 7) is 2.60. The summed E-state index contributed by atoms with van der Waals surface area (Å²) in [6, 6.07) is 11.9. The first kappa shape index (κ1) is 16.4. The number of carbonyl (C=O) groups excluding carboxylic acids is 1. The van der Waals surface area contributed by atoms with Crippen molar-refractivity contribution in [2.45, 2.75) is 19.9 Å². The minimum absolute atomic E-state index is 0.302. The van der Waals surface area contributed by atoms with Crippen LogP contribution in [-0.2, 0) is 6.54 Å². The van der Waals surface area contributed by atoms with E-state index in [9.17, 15) is 9.18 Å². The first-order valence-corrected chi connectivity index (χ1v) is 8.47. The van der Waals surface area contributed by atoms with Gasteiger partial charge in [0.2, 0.25) is 0 Å². The molecule has 1 aromatic heterocycles. The molecule has 0 saturated carbocycles. The molecular formula is C18H17FN2O2S. The van der Waals surface area contributed by atoms with Gasteiger partial charge in [0.05, 0.1) is 22.9 Å². The van der Waals surface area contributed by atoms with Gasteiger partial charge in [-0.15, -0.1) is 0 Å². The van der Waals surface area contributed by atoms with Crippen LogP contribution in [0.2, 0.25) is 0 Å². The summed E-state index contributed by atoms with van der Waals surface area (Å²) in [7, 11) is 1.51. The SMILES string of the molecule is CCCn1c(=NC(=O)c2ccccc2OC)sc2cccc(F)c21. The van der Waals surface area contributed by atoms with Gasteiger partial charge in [0.25, 0.3) is 5.91 Å². The third kappa shape index (κ3) is 2.97. The van der Waals surface area contributed by atoms with Crippen molar-refractivity contribution < 1.29 is 13.9 Å². The lowest BCUT2D eigenvalue weighted by Crippen LogP contribution is -2.17. The minimum Gasteiger partial charge on any atom is -0.496 e. The van der Waals surface area contributed by atoms with Crippen LogP contribution in [0.4, 0.5) is 4.39 Å². The van der Waals surface area contributed by atoms with Gasteiger partial charge in [0, 0.05) is 6.54 Å². The van der Waals surface area contributed by atoms with Gasteiger partial charge >= 0.3 is 0 Å². The number of para-hydroxylation sites is 2. The van der Waals surface area contributed by atoms with Gasteiger partial charge in [-0.2, -0.15) is 4.99 Å². The zero-order valence-electron chi connectivity index (χ0n) is 13.5. The Hall–Kier alpha value is -2.47. The Morgan fingerprint density at radius 3 is 2.79 bits per heavy atom. The predicted octanol–water partition coefficient (Wildman–Crippen LogP) is 4.00. The average molecular weight is 344 g/mol. The number of methoxy groups -OCH3 is 1. The van der Waals surface area contributed by atoms with Crippen molar-refractivity contribution >= 4 is 27.5 Å². The van der Waals surface area contributed by atoms with Crippen molar-refractivity contribution in [3.8, 4) is 5.75 Å². The number of aryl methyl sites for hydroxylation is 1. The van der Waals surface area contributed by atoms with Gasteiger partial charge in [0.1, 0.15) is 11.6 Å². The van der Waals surface area contributed by atoms with Gasteiger partial charge in [-0.1, -0.05) is 36.5 Å². The molecule has 0 aliphatic rings. The monoisotopic (exact) mass is 344 g/mol. The minimum atomic E-state index is -0.399. The lowest BCUT2D eigenvalue weighted by molar-refractivity contribution is 0.0995. The standard InChI is InChI=1S/C18H17FN2O2S/c1-3-11-21-16-13(19)8-6-10-15(16)24-18(21)20-17(22)12-7-4-5-9-14(12)23-2/h4-10H,3,11H2,1-2H3. The lowest BCUT2D eigenvalue weighted by Gasteiger charge is -2.05. The molecule has 6 heteroatoms. The van der Waals surface area contributed by atoms with Crippen molar-refractivity contribution in [3.63, 3.8) is 0 Å². The maximum Gasteiger partial charge on any atom is 0.283 e. The number of aromatic nitrogens is 1. The smallest absolute Gasteiger partial charge is 0.283 e. The second-order valence-electron chi connectivity index (χ2n) is 5.24. The quantitative estimate of drug-likeness (QED) is 0.718. The molecule has 0 N–H and O–H groups in total. The number of rotatable bonds is 4. The fourth-order valence-corrected chi connectivity index (χ4v) is 3.64. The van der Waals surface area contributed by atoms with Crippen molar-refractivity contribution in [1.29, 1.82) is 0 Å². The Labute approximate surface area is 142 Å². The number of amides is 1.